The van der Waals surface area contributed by atoms with Crippen LogP contribution in [0.25, 0.3) is 0 Å². The lowest BCUT2D eigenvalue weighted by Gasteiger charge is -2.44. The van der Waals surface area contributed by atoms with Gasteiger partial charge in [-0.15, -0.1) is 0 Å². The summed E-state index contributed by atoms with van der Waals surface area (Å²) < 4.78 is 11.6. The van der Waals surface area contributed by atoms with Crippen molar-refractivity contribution in [1.82, 2.24) is 0 Å². The van der Waals surface area contributed by atoms with E-state index in [1.165, 1.54) is 37.1 Å². The van der Waals surface area contributed by atoms with Crippen molar-refractivity contribution in [3.8, 4) is 0 Å². The molecule has 0 radical (unpaired) electrons. The van der Waals surface area contributed by atoms with E-state index in [-0.39, 0.29) is 22.6 Å². The van der Waals surface area contributed by atoms with Crippen LogP contribution in [0, 0.1) is 26.9 Å². The maximum absolute atomic E-state index is 12.6. The number of carbonyl (C=O) groups is 1. The Kier molecular flexibility index (Phi) is 6.08. The Morgan fingerprint density at radius 3 is 2.43 bits per heavy atom. The van der Waals surface area contributed by atoms with Crippen molar-refractivity contribution in [2.24, 2.45) is 16.7 Å². The summed E-state index contributed by atoms with van der Waals surface area (Å²) in [6.07, 6.45) is 7.98. The van der Waals surface area contributed by atoms with E-state index in [1.807, 2.05) is 0 Å². The molecular formula is C22H31NO5. The molecule has 0 bridgehead atoms. The van der Waals surface area contributed by atoms with Gasteiger partial charge in [-0.1, -0.05) is 26.7 Å². The second-order valence-corrected chi connectivity index (χ2v) is 9.25. The second kappa shape index (κ2) is 8.19. The molecule has 6 heteroatoms. The molecule has 0 saturated heterocycles. The van der Waals surface area contributed by atoms with E-state index in [0.717, 1.165) is 32.1 Å². The number of nitrogens with zero attached hydrogens (tertiary/aromatic N) is 1. The zero-order valence-corrected chi connectivity index (χ0v) is 17.1. The number of esters is 1. The van der Waals surface area contributed by atoms with Gasteiger partial charge in [0.2, 0.25) is 0 Å². The molecule has 2 saturated carbocycles. The third-order valence-corrected chi connectivity index (χ3v) is 6.73. The molecule has 0 spiro atoms. The fourth-order valence-corrected chi connectivity index (χ4v) is 5.36. The van der Waals surface area contributed by atoms with Crippen LogP contribution in [-0.2, 0) is 9.47 Å². The average Bonchev–Trinajstić information content (AvgIpc) is 3.02. The monoisotopic (exact) mass is 389 g/mol. The summed E-state index contributed by atoms with van der Waals surface area (Å²) in [5.41, 5.74) is 0.497. The van der Waals surface area contributed by atoms with Crippen molar-refractivity contribution >= 4 is 11.7 Å². The van der Waals surface area contributed by atoms with Crippen LogP contribution in [0.1, 0.15) is 69.2 Å². The average molecular weight is 389 g/mol. The molecule has 0 heterocycles. The zero-order chi connectivity index (χ0) is 20.4. The Bertz CT molecular complexity index is 714. The van der Waals surface area contributed by atoms with Gasteiger partial charge < -0.3 is 9.47 Å². The number of rotatable bonds is 6. The predicted molar refractivity (Wildman–Crippen MR) is 106 cm³/mol. The van der Waals surface area contributed by atoms with Crippen molar-refractivity contribution in [3.05, 3.63) is 39.9 Å². The number of nitro groups is 1. The highest BCUT2D eigenvalue weighted by Gasteiger charge is 2.51. The molecule has 0 aliphatic heterocycles. The summed E-state index contributed by atoms with van der Waals surface area (Å²) in [7, 11) is 1.79. The predicted octanol–water partition coefficient (Wildman–Crippen LogP) is 5.15. The minimum Gasteiger partial charge on any atom is -0.461 e. The number of methoxy groups -OCH3 is 1. The number of benzene rings is 1. The molecule has 28 heavy (non-hydrogen) atoms. The van der Waals surface area contributed by atoms with Gasteiger partial charge >= 0.3 is 5.97 Å². The lowest BCUT2D eigenvalue weighted by atomic mass is 9.65. The van der Waals surface area contributed by atoms with Gasteiger partial charge in [-0.25, -0.2) is 4.79 Å². The van der Waals surface area contributed by atoms with E-state index in [0.29, 0.717) is 18.1 Å². The Balaban J connectivity index is 1.75. The molecule has 6 nitrogen and oxygen atoms in total. The lowest BCUT2D eigenvalue weighted by molar-refractivity contribution is -0.384. The van der Waals surface area contributed by atoms with Gasteiger partial charge in [-0.05, 0) is 55.6 Å². The lowest BCUT2D eigenvalue weighted by Crippen LogP contribution is -2.43. The van der Waals surface area contributed by atoms with Crippen molar-refractivity contribution in [2.75, 3.05) is 13.7 Å². The SMILES string of the molecule is CO[C@H]1CCCC[C@H]1[C@]1(COC(=O)c2ccc([N+](=O)[O-])cc2)CCC(C)(C)C1. The van der Waals surface area contributed by atoms with Crippen LogP contribution in [0.2, 0.25) is 0 Å². The maximum atomic E-state index is 12.6. The highest BCUT2D eigenvalue weighted by Crippen LogP contribution is 2.56. The standard InChI is InChI=1S/C22H31NO5/c1-21(2)12-13-22(14-21,18-6-4-5-7-19(18)27-3)15-28-20(24)16-8-10-17(11-9-16)23(25)26/h8-11,18-19H,4-7,12-15H2,1-3H3/t18-,19+,22-/m1/s1. The number of carbonyl (C=O) groups excluding carboxylic acids is 1. The molecule has 2 fully saturated rings. The van der Waals surface area contributed by atoms with E-state index in [2.05, 4.69) is 13.8 Å². The van der Waals surface area contributed by atoms with E-state index < -0.39 is 10.9 Å². The van der Waals surface area contributed by atoms with Gasteiger partial charge in [0.25, 0.3) is 5.69 Å². The number of ether oxygens (including phenoxy) is 2. The van der Waals surface area contributed by atoms with Gasteiger partial charge in [-0.2, -0.15) is 0 Å². The van der Waals surface area contributed by atoms with Crippen LogP contribution in [-0.4, -0.2) is 30.7 Å². The molecule has 1 aromatic carbocycles. The van der Waals surface area contributed by atoms with Gasteiger partial charge in [0.1, 0.15) is 0 Å². The molecule has 1 aromatic rings. The molecule has 0 unspecified atom stereocenters. The first-order valence-electron chi connectivity index (χ1n) is 10.2. The van der Waals surface area contributed by atoms with E-state index >= 15 is 0 Å². The van der Waals surface area contributed by atoms with Crippen LogP contribution < -0.4 is 0 Å². The van der Waals surface area contributed by atoms with Crippen molar-refractivity contribution in [1.29, 1.82) is 0 Å². The topological polar surface area (TPSA) is 78.7 Å². The van der Waals surface area contributed by atoms with E-state index in [1.54, 1.807) is 7.11 Å². The van der Waals surface area contributed by atoms with Gasteiger partial charge in [0.15, 0.2) is 0 Å². The first-order valence-corrected chi connectivity index (χ1v) is 10.2. The van der Waals surface area contributed by atoms with Crippen molar-refractivity contribution in [2.45, 2.75) is 64.9 Å². The normalized spacial score (nSPS) is 29.4. The molecule has 0 aromatic heterocycles. The molecular weight excluding hydrogens is 358 g/mol. The van der Waals surface area contributed by atoms with Gasteiger partial charge in [0, 0.05) is 24.7 Å². The molecule has 2 aliphatic rings. The summed E-state index contributed by atoms with van der Waals surface area (Å²) >= 11 is 0. The summed E-state index contributed by atoms with van der Waals surface area (Å²) in [5, 5.41) is 10.8. The minimum absolute atomic E-state index is 0.0318. The van der Waals surface area contributed by atoms with Gasteiger partial charge in [-0.3, -0.25) is 10.1 Å². The smallest absolute Gasteiger partial charge is 0.338 e. The molecule has 0 N–H and O–H groups in total. The Morgan fingerprint density at radius 1 is 1.18 bits per heavy atom. The largest absolute Gasteiger partial charge is 0.461 e. The minimum atomic E-state index is -0.474. The Labute approximate surface area is 166 Å². The highest BCUT2D eigenvalue weighted by atomic mass is 16.6. The van der Waals surface area contributed by atoms with Crippen LogP contribution in [0.15, 0.2) is 24.3 Å². The fraction of sp³-hybridized carbons (Fsp3) is 0.682. The van der Waals surface area contributed by atoms with Crippen molar-refractivity contribution in [3.63, 3.8) is 0 Å². The summed E-state index contributed by atoms with van der Waals surface area (Å²) in [4.78, 5) is 22.9. The van der Waals surface area contributed by atoms with Crippen LogP contribution in [0.5, 0.6) is 0 Å². The Morgan fingerprint density at radius 2 is 1.86 bits per heavy atom. The molecule has 3 atom stereocenters. The van der Waals surface area contributed by atoms with Gasteiger partial charge in [0.05, 0.1) is 23.2 Å². The zero-order valence-electron chi connectivity index (χ0n) is 17.1. The van der Waals surface area contributed by atoms with Crippen LogP contribution >= 0.6 is 0 Å². The molecule has 154 valence electrons. The summed E-state index contributed by atoms with van der Waals surface area (Å²) in [6.45, 7) is 4.96. The van der Waals surface area contributed by atoms with Crippen molar-refractivity contribution < 1.29 is 19.2 Å². The first kappa shape index (κ1) is 20.8. The van der Waals surface area contributed by atoms with Crippen LogP contribution in [0.3, 0.4) is 0 Å². The second-order valence-electron chi connectivity index (χ2n) is 9.25. The molecule has 0 amide bonds. The Hall–Kier alpha value is -1.95. The van der Waals surface area contributed by atoms with E-state index in [4.69, 9.17) is 9.47 Å². The third-order valence-electron chi connectivity index (χ3n) is 6.73. The fourth-order valence-electron chi connectivity index (χ4n) is 5.36. The van der Waals surface area contributed by atoms with Crippen LogP contribution in [0.4, 0.5) is 5.69 Å². The maximum Gasteiger partial charge on any atom is 0.338 e. The van der Waals surface area contributed by atoms with E-state index in [9.17, 15) is 14.9 Å². The number of hydrogen-bond acceptors (Lipinski definition) is 5. The summed E-state index contributed by atoms with van der Waals surface area (Å²) in [6, 6.07) is 5.61. The number of nitro benzene ring substituents is 1. The highest BCUT2D eigenvalue weighted by molar-refractivity contribution is 5.89. The first-order chi connectivity index (χ1) is 13.3. The number of non-ortho nitro benzene ring substituents is 1. The molecule has 2 aliphatic carbocycles. The quantitative estimate of drug-likeness (QED) is 0.382. The summed E-state index contributed by atoms with van der Waals surface area (Å²) in [5.74, 6) is -0.0126. The number of hydrogen-bond donors (Lipinski definition) is 0. The third kappa shape index (κ3) is 4.37. The molecule has 3 rings (SSSR count).